The number of benzene rings is 1. The fourth-order valence-corrected chi connectivity index (χ4v) is 2.76. The Bertz CT molecular complexity index is 446. The van der Waals surface area contributed by atoms with Crippen LogP contribution in [0, 0.1) is 0 Å². The van der Waals surface area contributed by atoms with Crippen molar-refractivity contribution < 1.29 is 14.9 Å². The van der Waals surface area contributed by atoms with E-state index in [9.17, 15) is 10.2 Å². The van der Waals surface area contributed by atoms with E-state index in [1.807, 2.05) is 6.26 Å². The Morgan fingerprint density at radius 2 is 2.14 bits per heavy atom. The smallest absolute Gasteiger partial charge is 0.139 e. The first-order chi connectivity index (χ1) is 9.84. The molecule has 0 aromatic heterocycles. The maximum atomic E-state index is 9.97. The number of hydrogen-bond donors (Lipinski definition) is 3. The van der Waals surface area contributed by atoms with Gasteiger partial charge in [0.1, 0.15) is 18.5 Å². The van der Waals surface area contributed by atoms with Gasteiger partial charge < -0.3 is 20.3 Å². The van der Waals surface area contributed by atoms with E-state index in [0.717, 1.165) is 0 Å². The molecule has 4 nitrogen and oxygen atoms in total. The van der Waals surface area contributed by atoms with Crippen LogP contribution in [-0.2, 0) is 0 Å². The molecule has 21 heavy (non-hydrogen) atoms. The Balaban J connectivity index is 2.31. The molecule has 0 amide bonds. The Morgan fingerprint density at radius 1 is 1.43 bits per heavy atom. The summed E-state index contributed by atoms with van der Waals surface area (Å²) >= 11 is 13.4. The average molecular weight is 354 g/mol. The fraction of sp³-hybridized carbons (Fsp3) is 0.571. The van der Waals surface area contributed by atoms with E-state index in [-0.39, 0.29) is 6.61 Å². The van der Waals surface area contributed by atoms with E-state index in [1.54, 1.807) is 36.9 Å². The van der Waals surface area contributed by atoms with E-state index >= 15 is 0 Å². The molecule has 1 aromatic rings. The fourth-order valence-electron chi connectivity index (χ4n) is 1.70. The molecule has 0 spiro atoms. The molecule has 0 bridgehead atoms. The van der Waals surface area contributed by atoms with Gasteiger partial charge in [0, 0.05) is 29.9 Å². The minimum atomic E-state index is -0.795. The summed E-state index contributed by atoms with van der Waals surface area (Å²) in [6, 6.07) is 4.92. The first kappa shape index (κ1) is 18.9. The van der Waals surface area contributed by atoms with Crippen molar-refractivity contribution in [2.24, 2.45) is 0 Å². The summed E-state index contributed by atoms with van der Waals surface area (Å²) in [4.78, 5) is 0. The molecule has 120 valence electrons. The molecule has 2 unspecified atom stereocenters. The van der Waals surface area contributed by atoms with E-state index in [2.05, 4.69) is 5.32 Å². The molecule has 0 aliphatic carbocycles. The zero-order chi connectivity index (χ0) is 15.9. The Morgan fingerprint density at radius 3 is 2.81 bits per heavy atom. The maximum Gasteiger partial charge on any atom is 0.139 e. The van der Waals surface area contributed by atoms with Crippen molar-refractivity contribution in [1.29, 1.82) is 0 Å². The van der Waals surface area contributed by atoms with Crippen LogP contribution in [0.5, 0.6) is 5.75 Å². The van der Waals surface area contributed by atoms with E-state index in [4.69, 9.17) is 27.9 Å². The largest absolute Gasteiger partial charge is 0.489 e. The van der Waals surface area contributed by atoms with Crippen molar-refractivity contribution in [3.05, 3.63) is 28.2 Å². The highest BCUT2D eigenvalue weighted by Crippen LogP contribution is 2.27. The molecule has 0 radical (unpaired) electrons. The molecule has 0 heterocycles. The van der Waals surface area contributed by atoms with Gasteiger partial charge in [0.2, 0.25) is 0 Å². The lowest BCUT2D eigenvalue weighted by Gasteiger charge is -2.23. The minimum absolute atomic E-state index is 0.0950. The number of ether oxygens (including phenoxy) is 1. The SMILES string of the molecule is CSCC(C)(O)CNCC(O)COc1cc(Cl)ccc1Cl. The molecular weight excluding hydrogens is 333 g/mol. The summed E-state index contributed by atoms with van der Waals surface area (Å²) in [5.74, 6) is 1.07. The first-order valence-electron chi connectivity index (χ1n) is 6.52. The summed E-state index contributed by atoms with van der Waals surface area (Å²) in [5.41, 5.74) is -0.795. The molecule has 1 rings (SSSR count). The predicted molar refractivity (Wildman–Crippen MR) is 89.8 cm³/mol. The van der Waals surface area contributed by atoms with E-state index < -0.39 is 11.7 Å². The molecule has 7 heteroatoms. The molecule has 0 saturated heterocycles. The van der Waals surface area contributed by atoms with Gasteiger partial charge in [-0.05, 0) is 25.3 Å². The molecule has 0 fully saturated rings. The zero-order valence-electron chi connectivity index (χ0n) is 12.1. The van der Waals surface area contributed by atoms with Crippen LogP contribution in [-0.4, -0.2) is 53.6 Å². The van der Waals surface area contributed by atoms with Crippen LogP contribution in [0.15, 0.2) is 18.2 Å². The molecule has 1 aromatic carbocycles. The third-order valence-electron chi connectivity index (χ3n) is 2.67. The lowest BCUT2D eigenvalue weighted by Crippen LogP contribution is -2.43. The van der Waals surface area contributed by atoms with Crippen molar-refractivity contribution in [3.63, 3.8) is 0 Å². The summed E-state index contributed by atoms with van der Waals surface area (Å²) in [6.45, 7) is 2.58. The quantitative estimate of drug-likeness (QED) is 0.636. The number of rotatable bonds is 9. The van der Waals surface area contributed by atoms with Crippen LogP contribution in [0.3, 0.4) is 0 Å². The number of thioether (sulfide) groups is 1. The van der Waals surface area contributed by atoms with Crippen molar-refractivity contribution in [2.45, 2.75) is 18.6 Å². The van der Waals surface area contributed by atoms with Crippen LogP contribution >= 0.6 is 35.0 Å². The number of aliphatic hydroxyl groups is 2. The molecule has 0 saturated carbocycles. The average Bonchev–Trinajstić information content (AvgIpc) is 2.39. The topological polar surface area (TPSA) is 61.7 Å². The van der Waals surface area contributed by atoms with Crippen molar-refractivity contribution in [2.75, 3.05) is 31.7 Å². The van der Waals surface area contributed by atoms with Gasteiger partial charge in [0.05, 0.1) is 10.6 Å². The van der Waals surface area contributed by atoms with Gasteiger partial charge >= 0.3 is 0 Å². The highest BCUT2D eigenvalue weighted by Gasteiger charge is 2.19. The Kier molecular flexibility index (Phi) is 8.16. The Hall–Kier alpha value is -0.170. The van der Waals surface area contributed by atoms with Crippen LogP contribution in [0.1, 0.15) is 6.92 Å². The predicted octanol–water partition coefficient (Wildman–Crippen LogP) is 2.44. The van der Waals surface area contributed by atoms with Crippen LogP contribution in [0.2, 0.25) is 10.0 Å². The van der Waals surface area contributed by atoms with Gasteiger partial charge in [-0.15, -0.1) is 0 Å². The molecule has 3 N–H and O–H groups in total. The minimum Gasteiger partial charge on any atom is -0.489 e. The van der Waals surface area contributed by atoms with Crippen molar-refractivity contribution >= 4 is 35.0 Å². The van der Waals surface area contributed by atoms with Gasteiger partial charge in [-0.3, -0.25) is 0 Å². The number of halogens is 2. The third kappa shape index (κ3) is 7.58. The highest BCUT2D eigenvalue weighted by molar-refractivity contribution is 7.98. The molecule has 2 atom stereocenters. The second-order valence-electron chi connectivity index (χ2n) is 5.10. The van der Waals surface area contributed by atoms with Crippen LogP contribution in [0.25, 0.3) is 0 Å². The van der Waals surface area contributed by atoms with Gasteiger partial charge in [-0.2, -0.15) is 11.8 Å². The molecular formula is C14H21Cl2NO3S. The van der Waals surface area contributed by atoms with Crippen LogP contribution in [0.4, 0.5) is 0 Å². The van der Waals surface area contributed by atoms with E-state index in [1.165, 1.54) is 0 Å². The van der Waals surface area contributed by atoms with Crippen molar-refractivity contribution in [1.82, 2.24) is 5.32 Å². The van der Waals surface area contributed by atoms with Gasteiger partial charge in [0.15, 0.2) is 0 Å². The summed E-state index contributed by atoms with van der Waals surface area (Å²) in [7, 11) is 0. The standard InChI is InChI=1S/C14H21Cl2NO3S/c1-14(19,9-21-2)8-17-6-11(18)7-20-13-5-10(15)3-4-12(13)16/h3-5,11,17-19H,6-9H2,1-2H3. The lowest BCUT2D eigenvalue weighted by molar-refractivity contribution is 0.0701. The lowest BCUT2D eigenvalue weighted by atomic mass is 10.1. The highest BCUT2D eigenvalue weighted by atomic mass is 35.5. The summed E-state index contributed by atoms with van der Waals surface area (Å²) in [5, 5.41) is 23.8. The first-order valence-corrected chi connectivity index (χ1v) is 8.67. The summed E-state index contributed by atoms with van der Waals surface area (Å²) in [6.07, 6.45) is 1.23. The summed E-state index contributed by atoms with van der Waals surface area (Å²) < 4.78 is 5.44. The van der Waals surface area contributed by atoms with Gasteiger partial charge in [-0.1, -0.05) is 23.2 Å². The van der Waals surface area contributed by atoms with Crippen molar-refractivity contribution in [3.8, 4) is 5.75 Å². The van der Waals surface area contributed by atoms with Gasteiger partial charge in [-0.25, -0.2) is 0 Å². The second-order valence-corrected chi connectivity index (χ2v) is 6.81. The zero-order valence-corrected chi connectivity index (χ0v) is 14.4. The third-order valence-corrected chi connectivity index (χ3v) is 4.12. The molecule has 0 aliphatic rings. The number of nitrogens with one attached hydrogen (secondary N) is 1. The van der Waals surface area contributed by atoms with Gasteiger partial charge in [0.25, 0.3) is 0 Å². The monoisotopic (exact) mass is 353 g/mol. The number of hydrogen-bond acceptors (Lipinski definition) is 5. The second kappa shape index (κ2) is 9.08. The maximum absolute atomic E-state index is 9.97. The van der Waals surface area contributed by atoms with E-state index in [0.29, 0.717) is 34.6 Å². The molecule has 0 aliphatic heterocycles. The number of aliphatic hydroxyl groups excluding tert-OH is 1. The normalized spacial score (nSPS) is 15.5. The van der Waals surface area contributed by atoms with Crippen LogP contribution < -0.4 is 10.1 Å². The Labute approximate surface area is 139 Å².